The second kappa shape index (κ2) is 11.3. The summed E-state index contributed by atoms with van der Waals surface area (Å²) in [4.78, 5) is 0. The van der Waals surface area contributed by atoms with E-state index in [4.69, 9.17) is 9.47 Å². The zero-order chi connectivity index (χ0) is 12.2. The molecule has 4 heteroatoms. The molecule has 0 radical (unpaired) electrons. The summed E-state index contributed by atoms with van der Waals surface area (Å²) in [5, 5.41) is 12.6. The summed E-state index contributed by atoms with van der Waals surface area (Å²) in [6, 6.07) is 0. The second-order valence-corrected chi connectivity index (χ2v) is 4.21. The van der Waals surface area contributed by atoms with Gasteiger partial charge in [0.15, 0.2) is 0 Å². The summed E-state index contributed by atoms with van der Waals surface area (Å²) < 4.78 is 10.7. The zero-order valence-electron chi connectivity index (χ0n) is 10.9. The Labute approximate surface area is 99.3 Å². The average molecular weight is 233 g/mol. The van der Waals surface area contributed by atoms with E-state index in [0.29, 0.717) is 19.8 Å². The summed E-state index contributed by atoms with van der Waals surface area (Å²) in [6.45, 7) is 9.33. The number of unbranched alkanes of at least 4 members (excludes halogenated alkanes) is 1. The first-order chi connectivity index (χ1) is 7.66. The van der Waals surface area contributed by atoms with Crippen LogP contribution in [0.25, 0.3) is 0 Å². The summed E-state index contributed by atoms with van der Waals surface area (Å²) in [5.41, 5.74) is 0. The Morgan fingerprint density at radius 1 is 1.25 bits per heavy atom. The maximum atomic E-state index is 9.51. The summed E-state index contributed by atoms with van der Waals surface area (Å²) >= 11 is 0. The fraction of sp³-hybridized carbons (Fsp3) is 1.00. The van der Waals surface area contributed by atoms with Crippen LogP contribution in [0.1, 0.15) is 33.6 Å². The van der Waals surface area contributed by atoms with Crippen LogP contribution >= 0.6 is 0 Å². The Bertz CT molecular complexity index is 142. The van der Waals surface area contributed by atoms with E-state index >= 15 is 0 Å². The fourth-order valence-corrected chi connectivity index (χ4v) is 1.12. The third kappa shape index (κ3) is 11.9. The highest BCUT2D eigenvalue weighted by Gasteiger charge is 2.04. The molecule has 0 saturated carbocycles. The summed E-state index contributed by atoms with van der Waals surface area (Å²) in [7, 11) is 0. The van der Waals surface area contributed by atoms with Crippen molar-refractivity contribution in [2.24, 2.45) is 0 Å². The van der Waals surface area contributed by atoms with E-state index in [0.717, 1.165) is 19.6 Å². The number of aliphatic hydroxyl groups excluding tert-OH is 1. The molecule has 0 bridgehead atoms. The van der Waals surface area contributed by atoms with Crippen LogP contribution in [0.2, 0.25) is 0 Å². The first-order valence-electron chi connectivity index (χ1n) is 6.25. The number of hydrogen-bond donors (Lipinski definition) is 2. The molecule has 1 unspecified atom stereocenters. The standard InChI is InChI=1S/C12H27NO3/c1-4-5-7-15-8-6-13-9-12(14)10-16-11(2)3/h11-14H,4-10H2,1-3H3. The minimum absolute atomic E-state index is 0.173. The maximum Gasteiger partial charge on any atom is 0.0897 e. The van der Waals surface area contributed by atoms with E-state index in [9.17, 15) is 5.11 Å². The van der Waals surface area contributed by atoms with Crippen LogP contribution in [0.15, 0.2) is 0 Å². The SMILES string of the molecule is CCCCOCCNCC(O)COC(C)C. The quantitative estimate of drug-likeness (QED) is 0.526. The van der Waals surface area contributed by atoms with Crippen molar-refractivity contribution in [1.82, 2.24) is 5.32 Å². The Kier molecular flexibility index (Phi) is 11.2. The van der Waals surface area contributed by atoms with Crippen molar-refractivity contribution < 1.29 is 14.6 Å². The number of rotatable bonds is 11. The smallest absolute Gasteiger partial charge is 0.0897 e. The fourth-order valence-electron chi connectivity index (χ4n) is 1.12. The van der Waals surface area contributed by atoms with Crippen molar-refractivity contribution in [2.75, 3.05) is 32.9 Å². The van der Waals surface area contributed by atoms with Crippen LogP contribution in [0.5, 0.6) is 0 Å². The molecule has 0 aliphatic heterocycles. The number of ether oxygens (including phenoxy) is 2. The van der Waals surface area contributed by atoms with Gasteiger partial charge >= 0.3 is 0 Å². The van der Waals surface area contributed by atoms with E-state index < -0.39 is 6.10 Å². The molecule has 0 fully saturated rings. The molecule has 16 heavy (non-hydrogen) atoms. The molecule has 0 aliphatic rings. The molecule has 98 valence electrons. The zero-order valence-corrected chi connectivity index (χ0v) is 10.9. The minimum atomic E-state index is -0.432. The molecule has 0 aliphatic carbocycles. The van der Waals surface area contributed by atoms with Crippen molar-refractivity contribution in [3.05, 3.63) is 0 Å². The molecule has 0 spiro atoms. The Hall–Kier alpha value is -0.160. The van der Waals surface area contributed by atoms with E-state index in [-0.39, 0.29) is 6.10 Å². The molecule has 0 aromatic carbocycles. The highest BCUT2D eigenvalue weighted by Crippen LogP contribution is 1.91. The number of aliphatic hydroxyl groups is 1. The highest BCUT2D eigenvalue weighted by molar-refractivity contribution is 4.58. The van der Waals surface area contributed by atoms with Gasteiger partial charge in [-0.15, -0.1) is 0 Å². The van der Waals surface area contributed by atoms with Gasteiger partial charge in [0.25, 0.3) is 0 Å². The third-order valence-electron chi connectivity index (χ3n) is 2.07. The van der Waals surface area contributed by atoms with Gasteiger partial charge in [0, 0.05) is 19.7 Å². The lowest BCUT2D eigenvalue weighted by Gasteiger charge is -2.14. The molecule has 2 N–H and O–H groups in total. The van der Waals surface area contributed by atoms with Crippen LogP contribution in [0.3, 0.4) is 0 Å². The van der Waals surface area contributed by atoms with Crippen molar-refractivity contribution >= 4 is 0 Å². The average Bonchev–Trinajstić information content (AvgIpc) is 2.25. The van der Waals surface area contributed by atoms with Gasteiger partial charge < -0.3 is 19.9 Å². The Balaban J connectivity index is 3.12. The molecular weight excluding hydrogens is 206 g/mol. The molecule has 0 rings (SSSR count). The van der Waals surface area contributed by atoms with Gasteiger partial charge in [-0.1, -0.05) is 13.3 Å². The van der Waals surface area contributed by atoms with E-state index in [2.05, 4.69) is 12.2 Å². The molecule has 4 nitrogen and oxygen atoms in total. The van der Waals surface area contributed by atoms with Crippen LogP contribution < -0.4 is 5.32 Å². The van der Waals surface area contributed by atoms with Crippen LogP contribution in [0.4, 0.5) is 0 Å². The normalized spacial score (nSPS) is 13.3. The van der Waals surface area contributed by atoms with Gasteiger partial charge in [0.05, 0.1) is 25.4 Å². The molecule has 0 saturated heterocycles. The number of hydrogen-bond acceptors (Lipinski definition) is 4. The first-order valence-corrected chi connectivity index (χ1v) is 6.25. The Morgan fingerprint density at radius 2 is 2.00 bits per heavy atom. The van der Waals surface area contributed by atoms with Crippen molar-refractivity contribution in [3.8, 4) is 0 Å². The topological polar surface area (TPSA) is 50.7 Å². The predicted octanol–water partition coefficient (Wildman–Crippen LogP) is 1.18. The monoisotopic (exact) mass is 233 g/mol. The second-order valence-electron chi connectivity index (χ2n) is 4.21. The van der Waals surface area contributed by atoms with Crippen LogP contribution in [0, 0.1) is 0 Å². The molecule has 0 aromatic heterocycles. The molecule has 1 atom stereocenters. The molecule has 0 aromatic rings. The first kappa shape index (κ1) is 15.8. The van der Waals surface area contributed by atoms with Gasteiger partial charge in [-0.3, -0.25) is 0 Å². The molecule has 0 heterocycles. The lowest BCUT2D eigenvalue weighted by molar-refractivity contribution is 0.00573. The van der Waals surface area contributed by atoms with Gasteiger partial charge in [0.2, 0.25) is 0 Å². The lowest BCUT2D eigenvalue weighted by atomic mass is 10.3. The van der Waals surface area contributed by atoms with E-state index in [1.165, 1.54) is 6.42 Å². The predicted molar refractivity (Wildman–Crippen MR) is 65.7 cm³/mol. The third-order valence-corrected chi connectivity index (χ3v) is 2.07. The van der Waals surface area contributed by atoms with Crippen LogP contribution in [-0.2, 0) is 9.47 Å². The van der Waals surface area contributed by atoms with Gasteiger partial charge in [-0.25, -0.2) is 0 Å². The number of nitrogens with one attached hydrogen (secondary N) is 1. The van der Waals surface area contributed by atoms with Crippen molar-refractivity contribution in [1.29, 1.82) is 0 Å². The van der Waals surface area contributed by atoms with Crippen molar-refractivity contribution in [2.45, 2.75) is 45.8 Å². The minimum Gasteiger partial charge on any atom is -0.389 e. The Morgan fingerprint density at radius 3 is 2.62 bits per heavy atom. The maximum absolute atomic E-state index is 9.51. The molecule has 0 amide bonds. The summed E-state index contributed by atoms with van der Waals surface area (Å²) in [6.07, 6.45) is 2.02. The van der Waals surface area contributed by atoms with E-state index in [1.807, 2.05) is 13.8 Å². The van der Waals surface area contributed by atoms with Gasteiger partial charge in [-0.2, -0.15) is 0 Å². The lowest BCUT2D eigenvalue weighted by Crippen LogP contribution is -2.33. The van der Waals surface area contributed by atoms with Gasteiger partial charge in [0.1, 0.15) is 0 Å². The van der Waals surface area contributed by atoms with Crippen LogP contribution in [-0.4, -0.2) is 50.2 Å². The van der Waals surface area contributed by atoms with Crippen molar-refractivity contribution in [3.63, 3.8) is 0 Å². The summed E-state index contributed by atoms with van der Waals surface area (Å²) in [5.74, 6) is 0. The largest absolute Gasteiger partial charge is 0.389 e. The van der Waals surface area contributed by atoms with E-state index in [1.54, 1.807) is 0 Å². The highest BCUT2D eigenvalue weighted by atomic mass is 16.5. The van der Waals surface area contributed by atoms with Gasteiger partial charge in [-0.05, 0) is 20.3 Å². The molecular formula is C12H27NO3.